The Kier molecular flexibility index (Phi) is 5.36. The highest BCUT2D eigenvalue weighted by molar-refractivity contribution is 6.33. The first kappa shape index (κ1) is 19.5. The molecule has 4 rings (SSSR count). The van der Waals surface area contributed by atoms with Crippen molar-refractivity contribution in [3.8, 4) is 11.3 Å². The van der Waals surface area contributed by atoms with Crippen LogP contribution < -0.4 is 10.9 Å². The summed E-state index contributed by atoms with van der Waals surface area (Å²) >= 11 is 5.90. The molecule has 0 spiro atoms. The fourth-order valence-electron chi connectivity index (χ4n) is 2.99. The Morgan fingerprint density at radius 1 is 0.900 bits per heavy atom. The largest absolute Gasteiger partial charge is 0.274 e. The highest BCUT2D eigenvalue weighted by Crippen LogP contribution is 2.24. The van der Waals surface area contributed by atoms with E-state index in [4.69, 9.17) is 11.6 Å². The number of benzene rings is 2. The summed E-state index contributed by atoms with van der Waals surface area (Å²) in [5.74, 6) is -2.23. The lowest BCUT2D eigenvalue weighted by molar-refractivity contribution is 0.0845. The molecular formula is C22H14ClFN4O2. The average molecular weight is 421 g/mol. The van der Waals surface area contributed by atoms with Gasteiger partial charge in [-0.15, -0.1) is 0 Å². The summed E-state index contributed by atoms with van der Waals surface area (Å²) in [6.07, 6.45) is 3.26. The topological polar surface area (TPSA) is 84.0 Å². The van der Waals surface area contributed by atoms with Crippen LogP contribution in [0.25, 0.3) is 22.2 Å². The molecule has 0 saturated carbocycles. The first-order chi connectivity index (χ1) is 14.5. The standard InChI is InChI=1S/C22H14ClFN4O2/c23-16-5-3-6-17(24)20(16)22(30)28-27-21(29)15-12-19(13-8-10-25-11-9-13)26-18-7-2-1-4-14(15)18/h1-12H,(H,27,29)(H,28,30). The van der Waals surface area contributed by atoms with Crippen LogP contribution in [0, 0.1) is 5.82 Å². The minimum Gasteiger partial charge on any atom is -0.267 e. The van der Waals surface area contributed by atoms with Crippen LogP contribution in [0.1, 0.15) is 20.7 Å². The normalized spacial score (nSPS) is 10.6. The molecule has 2 amide bonds. The van der Waals surface area contributed by atoms with Crippen molar-refractivity contribution in [1.29, 1.82) is 0 Å². The second-order valence-corrected chi connectivity index (χ2v) is 6.72. The van der Waals surface area contributed by atoms with Gasteiger partial charge in [-0.2, -0.15) is 0 Å². The van der Waals surface area contributed by atoms with Gasteiger partial charge in [0.25, 0.3) is 11.8 Å². The first-order valence-corrected chi connectivity index (χ1v) is 9.27. The number of nitrogens with zero attached hydrogens (tertiary/aromatic N) is 2. The van der Waals surface area contributed by atoms with Gasteiger partial charge in [0, 0.05) is 23.3 Å². The molecule has 0 saturated heterocycles. The van der Waals surface area contributed by atoms with Crippen molar-refractivity contribution in [2.24, 2.45) is 0 Å². The van der Waals surface area contributed by atoms with Gasteiger partial charge >= 0.3 is 0 Å². The van der Waals surface area contributed by atoms with Crippen molar-refractivity contribution in [2.45, 2.75) is 0 Å². The van der Waals surface area contributed by atoms with Crippen LogP contribution >= 0.6 is 11.6 Å². The van der Waals surface area contributed by atoms with Crippen LogP contribution in [0.4, 0.5) is 4.39 Å². The summed E-state index contributed by atoms with van der Waals surface area (Å²) in [5.41, 5.74) is 6.45. The summed E-state index contributed by atoms with van der Waals surface area (Å²) in [6.45, 7) is 0. The molecule has 4 aromatic rings. The fourth-order valence-corrected chi connectivity index (χ4v) is 3.24. The number of rotatable bonds is 3. The van der Waals surface area contributed by atoms with E-state index in [1.807, 2.05) is 6.07 Å². The van der Waals surface area contributed by atoms with E-state index in [9.17, 15) is 14.0 Å². The third-order valence-electron chi connectivity index (χ3n) is 4.42. The SMILES string of the molecule is O=C(NNC(=O)c1cc(-c2ccncc2)nc2ccccc12)c1c(F)cccc1Cl. The van der Waals surface area contributed by atoms with E-state index in [-0.39, 0.29) is 10.6 Å². The van der Waals surface area contributed by atoms with Gasteiger partial charge in [0.1, 0.15) is 5.82 Å². The molecular weight excluding hydrogens is 407 g/mol. The van der Waals surface area contributed by atoms with Gasteiger partial charge in [0.05, 0.1) is 27.4 Å². The third-order valence-corrected chi connectivity index (χ3v) is 4.73. The third kappa shape index (κ3) is 3.83. The monoisotopic (exact) mass is 420 g/mol. The van der Waals surface area contributed by atoms with Crippen LogP contribution in [0.2, 0.25) is 5.02 Å². The van der Waals surface area contributed by atoms with Gasteiger partial charge in [0.15, 0.2) is 0 Å². The summed E-state index contributed by atoms with van der Waals surface area (Å²) in [5, 5.41) is 0.544. The molecule has 0 aliphatic rings. The van der Waals surface area contributed by atoms with E-state index in [1.54, 1.807) is 48.8 Å². The summed E-state index contributed by atoms with van der Waals surface area (Å²) < 4.78 is 13.9. The molecule has 2 aromatic carbocycles. The number of nitrogens with one attached hydrogen (secondary N) is 2. The molecule has 6 nitrogen and oxygen atoms in total. The van der Waals surface area contributed by atoms with E-state index in [0.29, 0.717) is 22.2 Å². The Bertz CT molecular complexity index is 1240. The number of carbonyl (C=O) groups excluding carboxylic acids is 2. The van der Waals surface area contributed by atoms with Gasteiger partial charge in [-0.1, -0.05) is 35.9 Å². The zero-order valence-electron chi connectivity index (χ0n) is 15.4. The number of pyridine rings is 2. The number of hydrogen-bond donors (Lipinski definition) is 2. The Hall–Kier alpha value is -3.84. The number of hydrogen-bond acceptors (Lipinski definition) is 4. The van der Waals surface area contributed by atoms with E-state index in [1.165, 1.54) is 12.1 Å². The van der Waals surface area contributed by atoms with E-state index in [2.05, 4.69) is 20.8 Å². The minimum atomic E-state index is -0.862. The molecule has 2 N–H and O–H groups in total. The van der Waals surface area contributed by atoms with Crippen molar-refractivity contribution >= 4 is 34.3 Å². The maximum Gasteiger partial charge on any atom is 0.274 e. The van der Waals surface area contributed by atoms with Crippen molar-refractivity contribution in [2.75, 3.05) is 0 Å². The summed E-state index contributed by atoms with van der Waals surface area (Å²) in [6, 6.07) is 16.2. The average Bonchev–Trinajstić information content (AvgIpc) is 2.77. The van der Waals surface area contributed by atoms with Crippen LogP contribution in [0.15, 0.2) is 73.1 Å². The van der Waals surface area contributed by atoms with Crippen molar-refractivity contribution in [3.63, 3.8) is 0 Å². The van der Waals surface area contributed by atoms with Gasteiger partial charge < -0.3 is 0 Å². The van der Waals surface area contributed by atoms with E-state index >= 15 is 0 Å². The van der Waals surface area contributed by atoms with Gasteiger partial charge in [-0.05, 0) is 36.4 Å². The lowest BCUT2D eigenvalue weighted by atomic mass is 10.0. The lowest BCUT2D eigenvalue weighted by Gasteiger charge is -2.12. The Morgan fingerprint density at radius 2 is 1.63 bits per heavy atom. The number of aromatic nitrogens is 2. The zero-order chi connectivity index (χ0) is 21.1. The molecule has 8 heteroatoms. The second kappa shape index (κ2) is 8.26. The Balaban J connectivity index is 1.65. The highest BCUT2D eigenvalue weighted by Gasteiger charge is 2.18. The van der Waals surface area contributed by atoms with E-state index in [0.717, 1.165) is 11.6 Å². The summed E-state index contributed by atoms with van der Waals surface area (Å²) in [7, 11) is 0. The molecule has 30 heavy (non-hydrogen) atoms. The molecule has 0 aliphatic heterocycles. The van der Waals surface area contributed by atoms with Crippen LogP contribution in [-0.2, 0) is 0 Å². The number of hydrazine groups is 1. The zero-order valence-corrected chi connectivity index (χ0v) is 16.2. The van der Waals surface area contributed by atoms with Crippen LogP contribution in [0.3, 0.4) is 0 Å². The van der Waals surface area contributed by atoms with Crippen LogP contribution in [-0.4, -0.2) is 21.8 Å². The fraction of sp³-hybridized carbons (Fsp3) is 0. The molecule has 148 valence electrons. The molecule has 0 bridgehead atoms. The minimum absolute atomic E-state index is 0.0592. The number of fused-ring (bicyclic) bond motifs is 1. The number of para-hydroxylation sites is 1. The van der Waals surface area contributed by atoms with E-state index < -0.39 is 17.6 Å². The predicted molar refractivity (Wildman–Crippen MR) is 111 cm³/mol. The van der Waals surface area contributed by atoms with Gasteiger partial charge in [-0.3, -0.25) is 25.4 Å². The number of carbonyl (C=O) groups is 2. The Morgan fingerprint density at radius 3 is 2.40 bits per heavy atom. The summed E-state index contributed by atoms with van der Waals surface area (Å²) in [4.78, 5) is 33.7. The van der Waals surface area contributed by atoms with Crippen molar-refractivity contribution < 1.29 is 14.0 Å². The highest BCUT2D eigenvalue weighted by atomic mass is 35.5. The molecule has 2 heterocycles. The number of amides is 2. The Labute approximate surface area is 175 Å². The van der Waals surface area contributed by atoms with Gasteiger partial charge in [-0.25, -0.2) is 9.37 Å². The molecule has 2 aromatic heterocycles. The quantitative estimate of drug-likeness (QED) is 0.487. The maximum absolute atomic E-state index is 13.9. The maximum atomic E-state index is 13.9. The molecule has 0 atom stereocenters. The molecule has 0 fully saturated rings. The molecule has 0 unspecified atom stereocenters. The lowest BCUT2D eigenvalue weighted by Crippen LogP contribution is -2.42. The molecule has 0 radical (unpaired) electrons. The predicted octanol–water partition coefficient (Wildman–Crippen LogP) is 4.16. The number of halogens is 2. The molecule has 0 aliphatic carbocycles. The van der Waals surface area contributed by atoms with Gasteiger partial charge in [0.2, 0.25) is 0 Å². The van der Waals surface area contributed by atoms with Crippen molar-refractivity contribution in [1.82, 2.24) is 20.8 Å². The second-order valence-electron chi connectivity index (χ2n) is 6.31. The first-order valence-electron chi connectivity index (χ1n) is 8.89. The van der Waals surface area contributed by atoms with Crippen molar-refractivity contribution in [3.05, 3.63) is 95.0 Å². The smallest absolute Gasteiger partial charge is 0.267 e. The van der Waals surface area contributed by atoms with Crippen LogP contribution in [0.5, 0.6) is 0 Å².